The van der Waals surface area contributed by atoms with Gasteiger partial charge in [-0.25, -0.2) is 9.97 Å². The third-order valence-electron chi connectivity index (χ3n) is 6.14. The fourth-order valence-corrected chi connectivity index (χ4v) is 4.45. The number of likely N-dealkylation sites (tertiary alicyclic amines) is 1. The molecule has 0 atom stereocenters. The predicted octanol–water partition coefficient (Wildman–Crippen LogP) is 1.93. The molecule has 0 aliphatic carbocycles. The largest absolute Gasteiger partial charge is 0.381 e. The molecule has 2 saturated heterocycles. The molecule has 1 amide bonds. The zero-order valence-corrected chi connectivity index (χ0v) is 16.6. The molecule has 9 heteroatoms. The quantitative estimate of drug-likeness (QED) is 0.673. The monoisotopic (exact) mass is 395 g/mol. The topological polar surface area (TPSA) is 91.0 Å². The van der Waals surface area contributed by atoms with Gasteiger partial charge in [-0.15, -0.1) is 10.2 Å². The van der Waals surface area contributed by atoms with Crippen LogP contribution in [0, 0.1) is 0 Å². The molecule has 3 aromatic heterocycles. The SMILES string of the molecule is Cn1cnnc1C1CCN(C(=O)c2cnc3c(c2)ncn3C2CCOCC2)CC1. The minimum absolute atomic E-state index is 0.0245. The Bertz CT molecular complexity index is 1010. The summed E-state index contributed by atoms with van der Waals surface area (Å²) in [5, 5.41) is 8.20. The minimum Gasteiger partial charge on any atom is -0.381 e. The van der Waals surface area contributed by atoms with E-state index in [2.05, 4.69) is 24.7 Å². The van der Waals surface area contributed by atoms with Gasteiger partial charge in [-0.05, 0) is 31.7 Å². The predicted molar refractivity (Wildman–Crippen MR) is 105 cm³/mol. The number of pyridine rings is 1. The molecule has 0 radical (unpaired) electrons. The summed E-state index contributed by atoms with van der Waals surface area (Å²) in [5.41, 5.74) is 2.22. The first-order chi connectivity index (χ1) is 14.2. The number of piperidine rings is 1. The summed E-state index contributed by atoms with van der Waals surface area (Å²) in [6.45, 7) is 2.96. The molecule has 0 spiro atoms. The van der Waals surface area contributed by atoms with Crippen molar-refractivity contribution in [1.82, 2.24) is 34.2 Å². The molecule has 3 aromatic rings. The van der Waals surface area contributed by atoms with E-state index in [1.54, 1.807) is 12.5 Å². The molecule has 0 bridgehead atoms. The van der Waals surface area contributed by atoms with Crippen LogP contribution >= 0.6 is 0 Å². The molecule has 0 saturated carbocycles. The lowest BCUT2D eigenvalue weighted by atomic mass is 9.95. The van der Waals surface area contributed by atoms with Crippen molar-refractivity contribution in [1.29, 1.82) is 0 Å². The summed E-state index contributed by atoms with van der Waals surface area (Å²) in [5.74, 6) is 1.37. The van der Waals surface area contributed by atoms with Crippen LogP contribution in [0.5, 0.6) is 0 Å². The van der Waals surface area contributed by atoms with Crippen LogP contribution in [0.3, 0.4) is 0 Å². The summed E-state index contributed by atoms with van der Waals surface area (Å²) in [4.78, 5) is 24.0. The van der Waals surface area contributed by atoms with E-state index < -0.39 is 0 Å². The van der Waals surface area contributed by atoms with Gasteiger partial charge in [0.25, 0.3) is 5.91 Å². The van der Waals surface area contributed by atoms with E-state index in [1.807, 2.05) is 28.9 Å². The third kappa shape index (κ3) is 3.39. The molecular formula is C20H25N7O2. The molecule has 0 N–H and O–H groups in total. The van der Waals surface area contributed by atoms with Gasteiger partial charge in [0.05, 0.1) is 11.9 Å². The highest BCUT2D eigenvalue weighted by Gasteiger charge is 2.27. The van der Waals surface area contributed by atoms with Gasteiger partial charge in [0.2, 0.25) is 0 Å². The van der Waals surface area contributed by atoms with Crippen LogP contribution in [0.25, 0.3) is 11.2 Å². The number of aryl methyl sites for hydroxylation is 1. The highest BCUT2D eigenvalue weighted by molar-refractivity contribution is 5.96. The first kappa shape index (κ1) is 18.2. The Labute approximate surface area is 168 Å². The normalized spacial score (nSPS) is 19.1. The van der Waals surface area contributed by atoms with Crippen LogP contribution in [0.2, 0.25) is 0 Å². The molecule has 2 fully saturated rings. The van der Waals surface area contributed by atoms with Crippen LogP contribution < -0.4 is 0 Å². The molecule has 29 heavy (non-hydrogen) atoms. The molecule has 5 rings (SSSR count). The summed E-state index contributed by atoms with van der Waals surface area (Å²) in [7, 11) is 1.97. The van der Waals surface area contributed by atoms with Gasteiger partial charge in [-0.2, -0.15) is 0 Å². The molecule has 0 unspecified atom stereocenters. The van der Waals surface area contributed by atoms with E-state index in [0.717, 1.165) is 55.9 Å². The lowest BCUT2D eigenvalue weighted by Gasteiger charge is -2.31. The fraction of sp³-hybridized carbons (Fsp3) is 0.550. The number of rotatable bonds is 3. The number of hydrogen-bond donors (Lipinski definition) is 0. The Morgan fingerprint density at radius 2 is 1.90 bits per heavy atom. The van der Waals surface area contributed by atoms with Crippen molar-refractivity contribution in [2.75, 3.05) is 26.3 Å². The zero-order chi connectivity index (χ0) is 19.8. The van der Waals surface area contributed by atoms with Crippen molar-refractivity contribution >= 4 is 17.1 Å². The molecular weight excluding hydrogens is 370 g/mol. The molecule has 0 aromatic carbocycles. The Morgan fingerprint density at radius 3 is 2.62 bits per heavy atom. The van der Waals surface area contributed by atoms with Gasteiger partial charge in [0.1, 0.15) is 17.7 Å². The van der Waals surface area contributed by atoms with Crippen LogP contribution in [0.1, 0.15) is 53.8 Å². The number of carbonyl (C=O) groups is 1. The maximum Gasteiger partial charge on any atom is 0.255 e. The molecule has 5 heterocycles. The number of hydrogen-bond acceptors (Lipinski definition) is 6. The van der Waals surface area contributed by atoms with Crippen molar-refractivity contribution in [2.24, 2.45) is 7.05 Å². The Balaban J connectivity index is 1.29. The van der Waals surface area contributed by atoms with E-state index >= 15 is 0 Å². The van der Waals surface area contributed by atoms with Crippen LogP contribution in [0.4, 0.5) is 0 Å². The summed E-state index contributed by atoms with van der Waals surface area (Å²) in [6.07, 6.45) is 8.99. The molecule has 2 aliphatic rings. The van der Waals surface area contributed by atoms with Crippen molar-refractivity contribution in [3.63, 3.8) is 0 Å². The highest BCUT2D eigenvalue weighted by Crippen LogP contribution is 2.28. The van der Waals surface area contributed by atoms with Crippen LogP contribution in [-0.2, 0) is 11.8 Å². The average molecular weight is 395 g/mol. The van der Waals surface area contributed by atoms with E-state index in [9.17, 15) is 4.79 Å². The summed E-state index contributed by atoms with van der Waals surface area (Å²) < 4.78 is 9.54. The Kier molecular flexibility index (Phi) is 4.75. The number of aromatic nitrogens is 6. The molecule has 152 valence electrons. The smallest absolute Gasteiger partial charge is 0.255 e. The number of carbonyl (C=O) groups excluding carboxylic acids is 1. The highest BCUT2D eigenvalue weighted by atomic mass is 16.5. The van der Waals surface area contributed by atoms with Crippen molar-refractivity contribution in [2.45, 2.75) is 37.6 Å². The number of imidazole rings is 1. The number of fused-ring (bicyclic) bond motifs is 1. The van der Waals surface area contributed by atoms with Crippen molar-refractivity contribution in [3.05, 3.63) is 36.3 Å². The second-order valence-electron chi connectivity index (χ2n) is 7.93. The second-order valence-corrected chi connectivity index (χ2v) is 7.93. The van der Waals surface area contributed by atoms with Gasteiger partial charge >= 0.3 is 0 Å². The summed E-state index contributed by atoms with van der Waals surface area (Å²) >= 11 is 0. The van der Waals surface area contributed by atoms with E-state index in [0.29, 0.717) is 30.6 Å². The van der Waals surface area contributed by atoms with Crippen LogP contribution in [0.15, 0.2) is 24.9 Å². The first-order valence-electron chi connectivity index (χ1n) is 10.2. The third-order valence-corrected chi connectivity index (χ3v) is 6.14. The van der Waals surface area contributed by atoms with Gasteiger partial charge in [0, 0.05) is 51.5 Å². The molecule has 2 aliphatic heterocycles. The zero-order valence-electron chi connectivity index (χ0n) is 16.6. The second kappa shape index (κ2) is 7.55. The molecule has 9 nitrogen and oxygen atoms in total. The number of ether oxygens (including phenoxy) is 1. The van der Waals surface area contributed by atoms with Gasteiger partial charge < -0.3 is 18.8 Å². The lowest BCUT2D eigenvalue weighted by molar-refractivity contribution is 0.0704. The Hall–Kier alpha value is -2.81. The fourth-order valence-electron chi connectivity index (χ4n) is 4.45. The van der Waals surface area contributed by atoms with E-state index in [1.165, 1.54) is 0 Å². The van der Waals surface area contributed by atoms with E-state index in [-0.39, 0.29) is 5.91 Å². The van der Waals surface area contributed by atoms with Crippen LogP contribution in [-0.4, -0.2) is 66.4 Å². The van der Waals surface area contributed by atoms with Gasteiger partial charge in [-0.3, -0.25) is 4.79 Å². The lowest BCUT2D eigenvalue weighted by Crippen LogP contribution is -2.38. The number of amides is 1. The average Bonchev–Trinajstić information content (AvgIpc) is 3.39. The van der Waals surface area contributed by atoms with Gasteiger partial charge in [-0.1, -0.05) is 0 Å². The van der Waals surface area contributed by atoms with Gasteiger partial charge in [0.15, 0.2) is 5.65 Å². The Morgan fingerprint density at radius 1 is 1.10 bits per heavy atom. The van der Waals surface area contributed by atoms with Crippen molar-refractivity contribution < 1.29 is 9.53 Å². The minimum atomic E-state index is 0.0245. The van der Waals surface area contributed by atoms with Crippen molar-refractivity contribution in [3.8, 4) is 0 Å². The van der Waals surface area contributed by atoms with E-state index in [4.69, 9.17) is 4.74 Å². The standard InChI is InChI=1S/C20H25N7O2/c1-25-13-23-24-18(25)14-2-6-26(7-3-14)20(28)15-10-17-19(21-11-15)27(12-22-17)16-4-8-29-9-5-16/h10-14,16H,2-9H2,1H3. The maximum absolute atomic E-state index is 13.0. The first-order valence-corrected chi connectivity index (χ1v) is 10.2. The number of nitrogens with zero attached hydrogens (tertiary/aromatic N) is 7. The maximum atomic E-state index is 13.0. The summed E-state index contributed by atoms with van der Waals surface area (Å²) in [6, 6.07) is 2.23.